The average molecular weight is 314 g/mol. The summed E-state index contributed by atoms with van der Waals surface area (Å²) in [6.45, 7) is 0. The van der Waals surface area contributed by atoms with Crippen LogP contribution in [0.5, 0.6) is 0 Å². The van der Waals surface area contributed by atoms with E-state index in [9.17, 15) is 9.13 Å². The van der Waals surface area contributed by atoms with E-state index in [0.29, 0.717) is 0 Å². The summed E-state index contributed by atoms with van der Waals surface area (Å²) >= 11 is 0. The molecule has 78 valence electrons. The van der Waals surface area contributed by atoms with Crippen molar-refractivity contribution in [2.75, 3.05) is 0 Å². The Morgan fingerprint density at radius 1 is 0.933 bits per heavy atom. The van der Waals surface area contributed by atoms with Gasteiger partial charge in [-0.15, -0.1) is 9.79 Å². The Morgan fingerprint density at radius 2 is 1.07 bits per heavy atom. The molecule has 0 amide bonds. The summed E-state index contributed by atoms with van der Waals surface area (Å²) in [5.41, 5.74) is 0. The van der Waals surface area contributed by atoms with E-state index in [-0.39, 0.29) is 93.0 Å². The Hall–Kier alpha value is 3.19. The zero-order chi connectivity index (χ0) is 10.4. The zero-order valence-electron chi connectivity index (χ0n) is 11.2. The molecular formula is H8Na3O9P3+2. The summed E-state index contributed by atoms with van der Waals surface area (Å²) < 4.78 is 31.0. The molecule has 0 aromatic heterocycles. The molecule has 0 heterocycles. The Morgan fingerprint density at radius 3 is 1.07 bits per heavy atom. The fourth-order valence-electron chi connectivity index (χ4n) is 0.0598. The van der Waals surface area contributed by atoms with Crippen LogP contribution in [0.1, 0.15) is 4.28 Å². The second-order valence-electron chi connectivity index (χ2n) is 1.07. The van der Waals surface area contributed by atoms with Crippen LogP contribution in [0.3, 0.4) is 0 Å². The van der Waals surface area contributed by atoms with Crippen molar-refractivity contribution in [3.63, 3.8) is 0 Å². The first-order valence-electron chi connectivity index (χ1n) is 1.91. The summed E-state index contributed by atoms with van der Waals surface area (Å²) in [5.74, 6) is 0. The molecule has 2 unspecified atom stereocenters. The van der Waals surface area contributed by atoms with Crippen molar-refractivity contribution in [3.8, 4) is 0 Å². The largest absolute Gasteiger partial charge is 1.00 e. The predicted molar refractivity (Wildman–Crippen MR) is 38.3 cm³/mol. The van der Waals surface area contributed by atoms with Gasteiger partial charge in [-0.1, -0.05) is 0 Å². The van der Waals surface area contributed by atoms with Crippen molar-refractivity contribution in [2.45, 2.75) is 0 Å². The summed E-state index contributed by atoms with van der Waals surface area (Å²) in [6.07, 6.45) is 0. The van der Waals surface area contributed by atoms with Gasteiger partial charge in [0, 0.05) is 9.13 Å². The van der Waals surface area contributed by atoms with Crippen molar-refractivity contribution >= 4 is 24.3 Å². The molecule has 15 heteroatoms. The topological polar surface area (TPSA) is 162 Å². The first-order valence-corrected chi connectivity index (χ1v) is 5.74. The molecular weight excluding hydrogens is 306 g/mol. The normalized spacial score (nSPS) is 10.2. The van der Waals surface area contributed by atoms with E-state index >= 15 is 0 Å². The van der Waals surface area contributed by atoms with Gasteiger partial charge in [0.05, 0.1) is 0 Å². The second-order valence-corrected chi connectivity index (χ2v) is 3.70. The predicted octanol–water partition coefficient (Wildman–Crippen LogP) is -9.28. The molecule has 5 N–H and O–H groups in total. The van der Waals surface area contributed by atoms with Crippen molar-refractivity contribution < 1.29 is 135 Å². The first kappa shape index (κ1) is 30.9. The molecule has 0 aliphatic heterocycles. The standard InChI is InChI=1S/3Na.O5P2.H3O4P.3H/c;;;1-6(2)5-7(3)4;1-5(2,3)4;;;/h;;;;(H3,1,2,3,4);;;/q3*+1;;;3*-1/p+2. The minimum absolute atomic E-state index is 0. The fourth-order valence-corrected chi connectivity index (χ4v) is 0.538. The Labute approximate surface area is 157 Å². The molecule has 0 rings (SSSR count). The van der Waals surface area contributed by atoms with Crippen LogP contribution in [-0.4, -0.2) is 24.5 Å². The van der Waals surface area contributed by atoms with Crippen molar-refractivity contribution in [1.82, 2.24) is 0 Å². The molecule has 2 atom stereocenters. The quantitative estimate of drug-likeness (QED) is 0.246. The number of phosphoric acid groups is 1. The third-order valence-electron chi connectivity index (χ3n) is 0.140. The molecule has 0 aliphatic carbocycles. The van der Waals surface area contributed by atoms with Gasteiger partial charge in [-0.2, -0.15) is 0 Å². The van der Waals surface area contributed by atoms with Gasteiger partial charge in [0.2, 0.25) is 0 Å². The van der Waals surface area contributed by atoms with E-state index in [2.05, 4.69) is 4.31 Å². The number of hydrogen-bond acceptors (Lipinski definition) is 4. The van der Waals surface area contributed by atoms with E-state index in [1.54, 1.807) is 0 Å². The van der Waals surface area contributed by atoms with Crippen LogP contribution in [0.15, 0.2) is 0 Å². The fraction of sp³-hybridized carbons (Fsp3) is 0. The van der Waals surface area contributed by atoms with Crippen LogP contribution in [-0.2, 0) is 18.0 Å². The molecule has 0 aromatic carbocycles. The van der Waals surface area contributed by atoms with Crippen LogP contribution in [0.4, 0.5) is 0 Å². The summed E-state index contributed by atoms with van der Waals surface area (Å²) in [4.78, 5) is 36.9. The first-order chi connectivity index (χ1) is 5.13. The van der Waals surface area contributed by atoms with Gasteiger partial charge in [-0.25, -0.2) is 4.57 Å². The molecule has 0 aliphatic rings. The van der Waals surface area contributed by atoms with Crippen LogP contribution < -0.4 is 88.7 Å². The van der Waals surface area contributed by atoms with Crippen molar-refractivity contribution in [3.05, 3.63) is 0 Å². The maximum atomic E-state index is 9.39. The Kier molecular flexibility index (Phi) is 35.4. The number of rotatable bonds is 2. The van der Waals surface area contributed by atoms with E-state index in [1.807, 2.05) is 0 Å². The molecule has 0 radical (unpaired) electrons. The maximum absolute atomic E-state index is 9.39. The van der Waals surface area contributed by atoms with Gasteiger partial charge in [-0.3, -0.25) is 0 Å². The van der Waals surface area contributed by atoms with Gasteiger partial charge < -0.3 is 19.0 Å². The maximum Gasteiger partial charge on any atom is 1.00 e. The molecule has 0 saturated carbocycles. The van der Waals surface area contributed by atoms with E-state index in [1.165, 1.54) is 0 Å². The summed E-state index contributed by atoms with van der Waals surface area (Å²) in [6, 6.07) is 0. The van der Waals surface area contributed by atoms with Gasteiger partial charge in [-0.05, 0) is 0 Å². The zero-order valence-corrected chi connectivity index (χ0v) is 16.9. The molecule has 0 spiro atoms. The monoisotopic (exact) mass is 314 g/mol. The Bertz CT molecular complexity index is 200. The minimum atomic E-state index is -4.64. The molecule has 15 heavy (non-hydrogen) atoms. The number of hydrogen-bond donors (Lipinski definition) is 5. The average Bonchev–Trinajstić information content (AvgIpc) is 1.52. The third kappa shape index (κ3) is 76.7. The second kappa shape index (κ2) is 17.2. The minimum Gasteiger partial charge on any atom is -1.00 e. The van der Waals surface area contributed by atoms with E-state index < -0.39 is 24.3 Å². The molecule has 9 nitrogen and oxygen atoms in total. The van der Waals surface area contributed by atoms with E-state index in [4.69, 9.17) is 29.0 Å². The summed E-state index contributed by atoms with van der Waals surface area (Å²) in [5, 5.41) is 0. The molecule has 0 fully saturated rings. The van der Waals surface area contributed by atoms with Crippen LogP contribution >= 0.6 is 24.3 Å². The van der Waals surface area contributed by atoms with E-state index in [0.717, 1.165) is 0 Å². The van der Waals surface area contributed by atoms with Crippen LogP contribution in [0.25, 0.3) is 0 Å². The van der Waals surface area contributed by atoms with Gasteiger partial charge in [0.1, 0.15) is 0 Å². The third-order valence-corrected chi connectivity index (χ3v) is 1.26. The van der Waals surface area contributed by atoms with Crippen molar-refractivity contribution in [1.29, 1.82) is 0 Å². The van der Waals surface area contributed by atoms with Gasteiger partial charge >= 0.3 is 113 Å². The molecule has 0 bridgehead atoms. The summed E-state index contributed by atoms with van der Waals surface area (Å²) in [7, 11) is -10.5. The van der Waals surface area contributed by atoms with Crippen molar-refractivity contribution in [2.24, 2.45) is 0 Å². The van der Waals surface area contributed by atoms with Gasteiger partial charge in [0.25, 0.3) is 0 Å². The molecule has 0 aromatic rings. The van der Waals surface area contributed by atoms with Gasteiger partial charge in [0.15, 0.2) is 4.31 Å². The smallest absolute Gasteiger partial charge is 1.00 e. The molecule has 0 saturated heterocycles. The van der Waals surface area contributed by atoms with Crippen LogP contribution in [0.2, 0.25) is 0 Å². The van der Waals surface area contributed by atoms with Crippen LogP contribution in [0, 0.1) is 0 Å². The SMILES string of the molecule is O=P(O)(O)O.O=[P+](O)O[P+](=O)O.[H-].[H-].[H-].[Na+].[Na+].[Na+]. The Balaban J connectivity index is -0.0000000142.